The number of rotatable bonds is 3. The lowest BCUT2D eigenvalue weighted by molar-refractivity contribution is -0.117. The molecule has 1 rings (SSSR count). The summed E-state index contributed by atoms with van der Waals surface area (Å²) in [6, 6.07) is 1.59. The van der Waals surface area contributed by atoms with Crippen molar-refractivity contribution in [3.05, 3.63) is 17.5 Å². The Hall–Kier alpha value is -1.65. The summed E-state index contributed by atoms with van der Waals surface area (Å²) in [5, 5.41) is 4.01. The Kier molecular flexibility index (Phi) is 3.01. The Labute approximate surface area is 81.7 Å². The van der Waals surface area contributed by atoms with Gasteiger partial charge in [-0.25, -0.2) is 4.79 Å². The first-order valence-electron chi connectivity index (χ1n) is 4.16. The first-order chi connectivity index (χ1) is 6.54. The maximum absolute atomic E-state index is 11.2. The van der Waals surface area contributed by atoms with E-state index in [1.165, 1.54) is 18.7 Å². The molecule has 14 heavy (non-hydrogen) atoms. The summed E-state index contributed by atoms with van der Waals surface area (Å²) in [7, 11) is 1.29. The van der Waals surface area contributed by atoms with Crippen molar-refractivity contribution >= 4 is 11.8 Å². The van der Waals surface area contributed by atoms with Gasteiger partial charge in [-0.3, -0.25) is 9.48 Å². The maximum Gasteiger partial charge on any atom is 0.356 e. The van der Waals surface area contributed by atoms with Crippen molar-refractivity contribution in [1.82, 2.24) is 9.78 Å². The molecule has 0 aliphatic heterocycles. The molecule has 0 aliphatic rings. The molecule has 0 fully saturated rings. The van der Waals surface area contributed by atoms with Crippen LogP contribution < -0.4 is 0 Å². The van der Waals surface area contributed by atoms with E-state index in [-0.39, 0.29) is 12.3 Å². The van der Waals surface area contributed by atoms with E-state index in [9.17, 15) is 9.59 Å². The van der Waals surface area contributed by atoms with Crippen LogP contribution in [0.25, 0.3) is 0 Å². The second-order valence-electron chi connectivity index (χ2n) is 3.02. The van der Waals surface area contributed by atoms with Gasteiger partial charge in [0, 0.05) is 0 Å². The average Bonchev–Trinajstić information content (AvgIpc) is 2.44. The van der Waals surface area contributed by atoms with E-state index in [1.54, 1.807) is 13.0 Å². The second-order valence-corrected chi connectivity index (χ2v) is 3.02. The Morgan fingerprint density at radius 3 is 2.71 bits per heavy atom. The summed E-state index contributed by atoms with van der Waals surface area (Å²) in [4.78, 5) is 22.1. The average molecular weight is 196 g/mol. The number of ether oxygens (including phenoxy) is 1. The minimum absolute atomic E-state index is 0.0572. The molecule has 5 nitrogen and oxygen atoms in total. The molecule has 76 valence electrons. The molecule has 0 saturated carbocycles. The number of methoxy groups -OCH3 is 1. The lowest BCUT2D eigenvalue weighted by atomic mass is 10.3. The van der Waals surface area contributed by atoms with Crippen molar-refractivity contribution in [3.63, 3.8) is 0 Å². The van der Waals surface area contributed by atoms with Crippen LogP contribution in [0.3, 0.4) is 0 Å². The molecular formula is C9H12N2O3. The van der Waals surface area contributed by atoms with Crippen molar-refractivity contribution in [1.29, 1.82) is 0 Å². The number of aromatic nitrogens is 2. The van der Waals surface area contributed by atoms with E-state index in [0.29, 0.717) is 11.4 Å². The normalized spacial score (nSPS) is 9.93. The largest absolute Gasteiger partial charge is 0.464 e. The SMILES string of the molecule is COC(=O)c1cc(C)nn1CC(C)=O. The van der Waals surface area contributed by atoms with Gasteiger partial charge >= 0.3 is 5.97 Å². The molecule has 0 unspecified atom stereocenters. The van der Waals surface area contributed by atoms with E-state index in [2.05, 4.69) is 9.84 Å². The number of ketones is 1. The van der Waals surface area contributed by atoms with Crippen LogP contribution in [-0.2, 0) is 16.1 Å². The molecule has 0 spiro atoms. The molecule has 0 aliphatic carbocycles. The number of hydrogen-bond acceptors (Lipinski definition) is 4. The van der Waals surface area contributed by atoms with Crippen molar-refractivity contribution in [2.45, 2.75) is 20.4 Å². The maximum atomic E-state index is 11.2. The highest BCUT2D eigenvalue weighted by atomic mass is 16.5. The highest BCUT2D eigenvalue weighted by molar-refractivity contribution is 5.88. The fourth-order valence-corrected chi connectivity index (χ4v) is 1.15. The van der Waals surface area contributed by atoms with Crippen LogP contribution >= 0.6 is 0 Å². The molecule has 0 bridgehead atoms. The van der Waals surface area contributed by atoms with E-state index in [1.807, 2.05) is 0 Å². The number of esters is 1. The van der Waals surface area contributed by atoms with Crippen LogP contribution in [0.5, 0.6) is 0 Å². The van der Waals surface area contributed by atoms with E-state index < -0.39 is 5.97 Å². The third-order valence-electron chi connectivity index (χ3n) is 1.67. The molecule has 5 heteroatoms. The van der Waals surface area contributed by atoms with Gasteiger partial charge in [0.25, 0.3) is 0 Å². The number of carbonyl (C=O) groups is 2. The molecule has 1 heterocycles. The van der Waals surface area contributed by atoms with Crippen LogP contribution in [0.2, 0.25) is 0 Å². The number of hydrogen-bond donors (Lipinski definition) is 0. The topological polar surface area (TPSA) is 61.2 Å². The number of Topliss-reactive ketones (excluding diaryl/α,β-unsaturated/α-hetero) is 1. The summed E-state index contributed by atoms with van der Waals surface area (Å²) < 4.78 is 5.91. The smallest absolute Gasteiger partial charge is 0.356 e. The molecule has 0 amide bonds. The zero-order valence-electron chi connectivity index (χ0n) is 8.40. The number of carbonyl (C=O) groups excluding carboxylic acids is 2. The van der Waals surface area contributed by atoms with Gasteiger partial charge in [0.2, 0.25) is 0 Å². The number of nitrogens with zero attached hydrogens (tertiary/aromatic N) is 2. The van der Waals surface area contributed by atoms with Crippen molar-refractivity contribution < 1.29 is 14.3 Å². The third-order valence-corrected chi connectivity index (χ3v) is 1.67. The predicted octanol–water partition coefficient (Wildman–Crippen LogP) is 0.567. The second kappa shape index (κ2) is 4.04. The van der Waals surface area contributed by atoms with Gasteiger partial charge in [-0.05, 0) is 19.9 Å². The zero-order valence-corrected chi connectivity index (χ0v) is 8.40. The minimum atomic E-state index is -0.480. The molecule has 1 aromatic rings. The lowest BCUT2D eigenvalue weighted by Gasteiger charge is -2.02. The molecule has 1 aromatic heterocycles. The summed E-state index contributed by atoms with van der Waals surface area (Å²) in [5.74, 6) is -0.537. The van der Waals surface area contributed by atoms with Crippen molar-refractivity contribution in [2.24, 2.45) is 0 Å². The van der Waals surface area contributed by atoms with Crippen LogP contribution in [0, 0.1) is 6.92 Å². The van der Waals surface area contributed by atoms with Gasteiger partial charge in [0.15, 0.2) is 5.78 Å². The lowest BCUT2D eigenvalue weighted by Crippen LogP contribution is -2.15. The van der Waals surface area contributed by atoms with Gasteiger partial charge in [-0.2, -0.15) is 5.10 Å². The molecule has 0 atom stereocenters. The number of aryl methyl sites for hydroxylation is 1. The fourth-order valence-electron chi connectivity index (χ4n) is 1.15. The predicted molar refractivity (Wildman–Crippen MR) is 49.0 cm³/mol. The monoisotopic (exact) mass is 196 g/mol. The summed E-state index contributed by atoms with van der Waals surface area (Å²) >= 11 is 0. The van der Waals surface area contributed by atoms with E-state index in [0.717, 1.165) is 0 Å². The van der Waals surface area contributed by atoms with Crippen LogP contribution in [-0.4, -0.2) is 28.6 Å². The van der Waals surface area contributed by atoms with Crippen molar-refractivity contribution in [3.8, 4) is 0 Å². The van der Waals surface area contributed by atoms with E-state index >= 15 is 0 Å². The zero-order chi connectivity index (χ0) is 10.7. The summed E-state index contributed by atoms with van der Waals surface area (Å²) in [6.07, 6.45) is 0. The molecule has 0 N–H and O–H groups in total. The molecule has 0 aromatic carbocycles. The Morgan fingerprint density at radius 1 is 1.57 bits per heavy atom. The summed E-state index contributed by atoms with van der Waals surface area (Å²) in [6.45, 7) is 3.29. The van der Waals surface area contributed by atoms with Gasteiger partial charge in [0.1, 0.15) is 12.2 Å². The van der Waals surface area contributed by atoms with Crippen LogP contribution in [0.15, 0.2) is 6.07 Å². The van der Waals surface area contributed by atoms with Gasteiger partial charge in [-0.15, -0.1) is 0 Å². The Balaban J connectivity index is 3.02. The fraction of sp³-hybridized carbons (Fsp3) is 0.444. The highest BCUT2D eigenvalue weighted by Gasteiger charge is 2.14. The minimum Gasteiger partial charge on any atom is -0.464 e. The van der Waals surface area contributed by atoms with Crippen molar-refractivity contribution in [2.75, 3.05) is 7.11 Å². The first-order valence-corrected chi connectivity index (χ1v) is 4.16. The van der Waals surface area contributed by atoms with Gasteiger partial charge in [0.05, 0.1) is 12.8 Å². The van der Waals surface area contributed by atoms with E-state index in [4.69, 9.17) is 0 Å². The quantitative estimate of drug-likeness (QED) is 0.663. The molecule has 0 saturated heterocycles. The highest BCUT2D eigenvalue weighted by Crippen LogP contribution is 2.05. The van der Waals surface area contributed by atoms with Crippen LogP contribution in [0.1, 0.15) is 23.1 Å². The molecule has 0 radical (unpaired) electrons. The standard InChI is InChI=1S/C9H12N2O3/c1-6-4-8(9(13)14-3)11(10-6)5-7(2)12/h4H,5H2,1-3H3. The Bertz CT molecular complexity index is 368. The first kappa shape index (κ1) is 10.4. The Morgan fingerprint density at radius 2 is 2.21 bits per heavy atom. The van der Waals surface area contributed by atoms with Gasteiger partial charge in [-0.1, -0.05) is 0 Å². The third kappa shape index (κ3) is 2.18. The van der Waals surface area contributed by atoms with Crippen LogP contribution in [0.4, 0.5) is 0 Å². The summed E-state index contributed by atoms with van der Waals surface area (Å²) in [5.41, 5.74) is 0.992. The molecular weight excluding hydrogens is 184 g/mol. The van der Waals surface area contributed by atoms with Gasteiger partial charge < -0.3 is 4.74 Å².